The van der Waals surface area contributed by atoms with E-state index in [4.69, 9.17) is 11.6 Å². The Morgan fingerprint density at radius 1 is 1.24 bits per heavy atom. The fraction of sp³-hybridized carbons (Fsp3) is 0.190. The summed E-state index contributed by atoms with van der Waals surface area (Å²) < 4.78 is 1.74. The molecule has 0 spiro atoms. The number of nitrogens with one attached hydrogen (secondary N) is 1. The third-order valence-corrected chi connectivity index (χ3v) is 5.57. The van der Waals surface area contributed by atoms with Crippen molar-refractivity contribution in [3.05, 3.63) is 81.8 Å². The molecule has 3 heterocycles. The van der Waals surface area contributed by atoms with Gasteiger partial charge in [-0.25, -0.2) is 4.68 Å². The molecule has 1 atom stereocenters. The predicted molar refractivity (Wildman–Crippen MR) is 109 cm³/mol. The molecule has 1 aliphatic heterocycles. The molecule has 5 rings (SSSR count). The van der Waals surface area contributed by atoms with Gasteiger partial charge in [0, 0.05) is 28.8 Å². The molecule has 2 aromatic heterocycles. The SMILES string of the molecule is CC1=C(C(=O)Cc2ccc3[nH]ncc3c2)C(c2ccc(Cl)cc2)n2nnnc2C1. The number of ketones is 1. The van der Waals surface area contributed by atoms with E-state index in [1.165, 1.54) is 0 Å². The number of carbonyl (C=O) groups excluding carboxylic acids is 1. The van der Waals surface area contributed by atoms with E-state index in [2.05, 4.69) is 25.7 Å². The van der Waals surface area contributed by atoms with Gasteiger partial charge in [-0.2, -0.15) is 5.10 Å². The zero-order valence-electron chi connectivity index (χ0n) is 15.6. The van der Waals surface area contributed by atoms with Crippen molar-refractivity contribution in [3.8, 4) is 0 Å². The zero-order chi connectivity index (χ0) is 20.0. The van der Waals surface area contributed by atoms with Gasteiger partial charge in [-0.3, -0.25) is 9.89 Å². The molecule has 2 aromatic carbocycles. The molecule has 1 unspecified atom stereocenters. The summed E-state index contributed by atoms with van der Waals surface area (Å²) in [6, 6.07) is 13.0. The highest BCUT2D eigenvalue weighted by atomic mass is 35.5. The Labute approximate surface area is 171 Å². The van der Waals surface area contributed by atoms with Gasteiger partial charge in [0.2, 0.25) is 0 Å². The number of nitrogens with zero attached hydrogens (tertiary/aromatic N) is 5. The number of H-pyrrole nitrogens is 1. The highest BCUT2D eigenvalue weighted by molar-refractivity contribution is 6.30. The van der Waals surface area contributed by atoms with Crippen molar-refractivity contribution in [1.82, 2.24) is 30.4 Å². The number of fused-ring (bicyclic) bond motifs is 2. The Kier molecular flexibility index (Phi) is 4.24. The van der Waals surface area contributed by atoms with Gasteiger partial charge in [0.25, 0.3) is 0 Å². The van der Waals surface area contributed by atoms with E-state index in [1.807, 2.05) is 49.4 Å². The number of carbonyl (C=O) groups is 1. The van der Waals surface area contributed by atoms with Crippen molar-refractivity contribution in [1.29, 1.82) is 0 Å². The Morgan fingerprint density at radius 2 is 2.07 bits per heavy atom. The van der Waals surface area contributed by atoms with E-state index in [0.717, 1.165) is 39.0 Å². The van der Waals surface area contributed by atoms with E-state index < -0.39 is 0 Å². The van der Waals surface area contributed by atoms with Gasteiger partial charge in [0.15, 0.2) is 11.6 Å². The molecule has 4 aromatic rings. The molecule has 0 saturated heterocycles. The number of tetrazole rings is 1. The molecule has 7 nitrogen and oxygen atoms in total. The lowest BCUT2D eigenvalue weighted by Gasteiger charge is -2.27. The summed E-state index contributed by atoms with van der Waals surface area (Å²) in [7, 11) is 0. The Bertz CT molecular complexity index is 1250. The summed E-state index contributed by atoms with van der Waals surface area (Å²) in [4.78, 5) is 13.4. The van der Waals surface area contributed by atoms with Gasteiger partial charge in [-0.1, -0.05) is 35.4 Å². The third kappa shape index (κ3) is 3.13. The summed E-state index contributed by atoms with van der Waals surface area (Å²) >= 11 is 6.07. The number of hydrogen-bond acceptors (Lipinski definition) is 5. The molecule has 144 valence electrons. The Balaban J connectivity index is 1.54. The number of aromatic nitrogens is 6. The summed E-state index contributed by atoms with van der Waals surface area (Å²) in [6.07, 6.45) is 2.62. The average molecular weight is 405 g/mol. The smallest absolute Gasteiger partial charge is 0.165 e. The van der Waals surface area contributed by atoms with Crippen LogP contribution in [0.2, 0.25) is 5.02 Å². The number of benzene rings is 2. The van der Waals surface area contributed by atoms with Crippen molar-refractivity contribution in [2.24, 2.45) is 0 Å². The molecule has 1 aliphatic rings. The van der Waals surface area contributed by atoms with Crippen LogP contribution in [0.25, 0.3) is 10.9 Å². The van der Waals surface area contributed by atoms with Gasteiger partial charge in [0.1, 0.15) is 6.04 Å². The lowest BCUT2D eigenvalue weighted by molar-refractivity contribution is -0.115. The predicted octanol–water partition coefficient (Wildman–Crippen LogP) is 3.48. The molecular weight excluding hydrogens is 388 g/mol. The summed E-state index contributed by atoms with van der Waals surface area (Å²) in [5.41, 5.74) is 4.55. The lowest BCUT2D eigenvalue weighted by Crippen LogP contribution is -2.28. The molecule has 0 amide bonds. The van der Waals surface area contributed by atoms with Crippen molar-refractivity contribution in [2.75, 3.05) is 0 Å². The lowest BCUT2D eigenvalue weighted by atomic mass is 9.86. The number of allylic oxidation sites excluding steroid dienone is 2. The average Bonchev–Trinajstić information content (AvgIpc) is 3.36. The standard InChI is InChI=1S/C21H17ClN6O/c1-12-8-19-25-26-27-28(19)21(14-3-5-16(22)6-4-14)20(12)18(29)10-13-2-7-17-15(9-13)11-23-24-17/h2-7,9,11,21H,8,10H2,1H3,(H,23,24). The molecule has 0 saturated carbocycles. The van der Waals surface area contributed by atoms with Gasteiger partial charge >= 0.3 is 0 Å². The topological polar surface area (TPSA) is 89.4 Å². The van der Waals surface area contributed by atoms with Crippen LogP contribution >= 0.6 is 11.6 Å². The molecule has 29 heavy (non-hydrogen) atoms. The van der Waals surface area contributed by atoms with Crippen LogP contribution in [0.15, 0.2) is 59.8 Å². The largest absolute Gasteiger partial charge is 0.294 e. The zero-order valence-corrected chi connectivity index (χ0v) is 16.4. The van der Waals surface area contributed by atoms with E-state index in [-0.39, 0.29) is 11.8 Å². The van der Waals surface area contributed by atoms with E-state index in [9.17, 15) is 4.79 Å². The summed E-state index contributed by atoms with van der Waals surface area (Å²) in [5.74, 6) is 0.810. The first-order valence-electron chi connectivity index (χ1n) is 9.27. The van der Waals surface area contributed by atoms with Crippen LogP contribution in [-0.4, -0.2) is 36.2 Å². The maximum absolute atomic E-state index is 13.4. The minimum absolute atomic E-state index is 0.0615. The number of rotatable bonds is 4. The van der Waals surface area contributed by atoms with Crippen LogP contribution < -0.4 is 0 Å². The number of Topliss-reactive ketones (excluding diaryl/α,β-unsaturated/α-hetero) is 1. The first-order valence-corrected chi connectivity index (χ1v) is 9.65. The molecule has 0 bridgehead atoms. The first-order chi connectivity index (χ1) is 14.1. The van der Waals surface area contributed by atoms with Crippen molar-refractivity contribution in [3.63, 3.8) is 0 Å². The second kappa shape index (κ2) is 6.93. The van der Waals surface area contributed by atoms with E-state index in [0.29, 0.717) is 17.9 Å². The minimum Gasteiger partial charge on any atom is -0.294 e. The third-order valence-electron chi connectivity index (χ3n) is 5.32. The van der Waals surface area contributed by atoms with Crippen molar-refractivity contribution >= 4 is 28.3 Å². The number of hydrogen-bond donors (Lipinski definition) is 1. The van der Waals surface area contributed by atoms with Crippen LogP contribution in [0.5, 0.6) is 0 Å². The van der Waals surface area contributed by atoms with E-state index >= 15 is 0 Å². The maximum atomic E-state index is 13.4. The highest BCUT2D eigenvalue weighted by Crippen LogP contribution is 2.35. The second-order valence-corrected chi connectivity index (χ2v) is 7.69. The minimum atomic E-state index is -0.365. The summed E-state index contributed by atoms with van der Waals surface area (Å²) in [6.45, 7) is 1.98. The normalized spacial score (nSPS) is 16.3. The first kappa shape index (κ1) is 17.8. The van der Waals surface area contributed by atoms with Crippen molar-refractivity contribution < 1.29 is 4.79 Å². The Morgan fingerprint density at radius 3 is 2.90 bits per heavy atom. The molecule has 8 heteroatoms. The van der Waals surface area contributed by atoms with E-state index in [1.54, 1.807) is 10.9 Å². The number of halogens is 1. The molecule has 1 N–H and O–H groups in total. The summed E-state index contributed by atoms with van der Waals surface area (Å²) in [5, 5.41) is 20.7. The molecular formula is C21H17ClN6O. The van der Waals surface area contributed by atoms with Crippen LogP contribution in [0.4, 0.5) is 0 Å². The van der Waals surface area contributed by atoms with Crippen LogP contribution in [0, 0.1) is 0 Å². The van der Waals surface area contributed by atoms with Crippen LogP contribution in [0.1, 0.15) is 29.9 Å². The highest BCUT2D eigenvalue weighted by Gasteiger charge is 2.33. The van der Waals surface area contributed by atoms with Gasteiger partial charge in [0.05, 0.1) is 11.7 Å². The molecule has 0 aliphatic carbocycles. The van der Waals surface area contributed by atoms with Gasteiger partial charge in [-0.15, -0.1) is 5.10 Å². The monoisotopic (exact) mass is 404 g/mol. The molecule has 0 radical (unpaired) electrons. The fourth-order valence-electron chi connectivity index (χ4n) is 3.94. The van der Waals surface area contributed by atoms with Crippen molar-refractivity contribution in [2.45, 2.75) is 25.8 Å². The van der Waals surface area contributed by atoms with Crippen LogP contribution in [-0.2, 0) is 17.6 Å². The second-order valence-electron chi connectivity index (χ2n) is 7.26. The number of aromatic amines is 1. The van der Waals surface area contributed by atoms with Crippen LogP contribution in [0.3, 0.4) is 0 Å². The Hall–Kier alpha value is -3.32. The maximum Gasteiger partial charge on any atom is 0.165 e. The van der Waals surface area contributed by atoms with Gasteiger partial charge < -0.3 is 0 Å². The van der Waals surface area contributed by atoms with Gasteiger partial charge in [-0.05, 0) is 52.7 Å². The molecule has 0 fully saturated rings. The quantitative estimate of drug-likeness (QED) is 0.562. The fourth-order valence-corrected chi connectivity index (χ4v) is 4.07.